The van der Waals surface area contributed by atoms with Crippen LogP contribution in [0.2, 0.25) is 0 Å². The minimum absolute atomic E-state index is 0.124. The Hall–Kier alpha value is -0.730. The first-order valence-corrected chi connectivity index (χ1v) is 16.4. The normalized spacial score (nSPS) is 11.3. The van der Waals surface area contributed by atoms with Crippen molar-refractivity contribution < 1.29 is 33.2 Å². The van der Waals surface area contributed by atoms with Gasteiger partial charge in [-0.05, 0) is 12.8 Å². The highest BCUT2D eigenvalue weighted by molar-refractivity contribution is 5.69. The van der Waals surface area contributed by atoms with Gasteiger partial charge in [-0.3, -0.25) is 4.79 Å². The molecule has 0 unspecified atom stereocenters. The number of esters is 1. The third kappa shape index (κ3) is 35.2. The van der Waals surface area contributed by atoms with Crippen LogP contribution in [0.4, 0.5) is 0 Å². The van der Waals surface area contributed by atoms with E-state index in [-0.39, 0.29) is 5.97 Å². The van der Waals surface area contributed by atoms with E-state index in [9.17, 15) is 4.79 Å². The predicted octanol–water partition coefficient (Wildman–Crippen LogP) is 7.67. The lowest BCUT2D eigenvalue weighted by Crippen LogP contribution is -2.15. The molecule has 0 amide bonds. The highest BCUT2D eigenvalue weighted by Crippen LogP contribution is 2.11. The summed E-state index contributed by atoms with van der Waals surface area (Å²) in [5, 5.41) is 0. The summed E-state index contributed by atoms with van der Waals surface area (Å²) in [5.74, 6) is -0.124. The summed E-state index contributed by atoms with van der Waals surface area (Å²) >= 11 is 0. The fraction of sp³-hybridized carbons (Fsp3) is 0.969. The lowest BCUT2D eigenvalue weighted by Gasteiger charge is -2.08. The summed E-state index contributed by atoms with van der Waals surface area (Å²) in [5.41, 5.74) is 0. The van der Waals surface area contributed by atoms with Gasteiger partial charge < -0.3 is 28.4 Å². The molecule has 0 heterocycles. The first-order valence-electron chi connectivity index (χ1n) is 16.4. The van der Waals surface area contributed by atoms with Crippen molar-refractivity contribution in [3.8, 4) is 0 Å². The Bertz CT molecular complexity index is 462. The lowest BCUT2D eigenvalue weighted by molar-refractivity contribution is -0.145. The number of hydrogen-bond acceptors (Lipinski definition) is 7. The molecule has 0 aromatic heterocycles. The molecule has 0 radical (unpaired) electrons. The van der Waals surface area contributed by atoms with Gasteiger partial charge in [-0.2, -0.15) is 0 Å². The quantitative estimate of drug-likeness (QED) is 0.0590. The van der Waals surface area contributed by atoms with Gasteiger partial charge in [0.1, 0.15) is 6.61 Å². The molecule has 0 bridgehead atoms. The van der Waals surface area contributed by atoms with Crippen LogP contribution in [0.15, 0.2) is 0 Å². The molecule has 0 atom stereocenters. The highest BCUT2D eigenvalue weighted by Gasteiger charge is 2.02. The maximum Gasteiger partial charge on any atom is 0.305 e. The molecule has 0 saturated carbocycles. The van der Waals surface area contributed by atoms with E-state index in [0.717, 1.165) is 25.9 Å². The second-order valence-electron chi connectivity index (χ2n) is 10.3. The maximum atomic E-state index is 11.7. The minimum atomic E-state index is -0.124. The van der Waals surface area contributed by atoms with Gasteiger partial charge in [-0.25, -0.2) is 0 Å². The van der Waals surface area contributed by atoms with E-state index in [2.05, 4.69) is 13.8 Å². The van der Waals surface area contributed by atoms with Gasteiger partial charge in [0.25, 0.3) is 0 Å². The van der Waals surface area contributed by atoms with Gasteiger partial charge >= 0.3 is 5.97 Å². The molecule has 0 aliphatic heterocycles. The zero-order chi connectivity index (χ0) is 28.3. The summed E-state index contributed by atoms with van der Waals surface area (Å²) < 4.78 is 32.8. The molecule has 0 N–H and O–H groups in total. The van der Waals surface area contributed by atoms with Crippen LogP contribution < -0.4 is 0 Å². The predicted molar refractivity (Wildman–Crippen MR) is 160 cm³/mol. The van der Waals surface area contributed by atoms with Crippen LogP contribution in [0.25, 0.3) is 0 Å². The Morgan fingerprint density at radius 1 is 0.359 bits per heavy atom. The third-order valence-corrected chi connectivity index (χ3v) is 6.61. The Morgan fingerprint density at radius 2 is 0.667 bits per heavy atom. The molecule has 234 valence electrons. The topological polar surface area (TPSA) is 72.5 Å². The SMILES string of the molecule is CCCCCCCCCCCCOCCOCCOCCOCCOCCOC(=O)CCCCCCCCC. The van der Waals surface area contributed by atoms with Crippen LogP contribution in [0.3, 0.4) is 0 Å². The Labute approximate surface area is 241 Å². The second-order valence-corrected chi connectivity index (χ2v) is 10.3. The molecule has 7 nitrogen and oxygen atoms in total. The van der Waals surface area contributed by atoms with Crippen molar-refractivity contribution in [1.82, 2.24) is 0 Å². The summed E-state index contributed by atoms with van der Waals surface area (Å²) in [6, 6.07) is 0. The fourth-order valence-electron chi connectivity index (χ4n) is 4.19. The molecule has 0 aromatic rings. The highest BCUT2D eigenvalue weighted by atomic mass is 16.6. The van der Waals surface area contributed by atoms with Gasteiger partial charge in [0, 0.05) is 13.0 Å². The van der Waals surface area contributed by atoms with Crippen LogP contribution in [0.1, 0.15) is 129 Å². The van der Waals surface area contributed by atoms with Crippen LogP contribution >= 0.6 is 0 Å². The zero-order valence-electron chi connectivity index (χ0n) is 25.9. The van der Waals surface area contributed by atoms with Gasteiger partial charge in [0.05, 0.1) is 59.5 Å². The van der Waals surface area contributed by atoms with E-state index in [1.54, 1.807) is 0 Å². The summed E-state index contributed by atoms with van der Waals surface area (Å²) in [6.07, 6.45) is 22.4. The molecular weight excluding hydrogens is 496 g/mol. The molecule has 0 saturated heterocycles. The summed E-state index contributed by atoms with van der Waals surface area (Å²) in [7, 11) is 0. The summed E-state index contributed by atoms with van der Waals surface area (Å²) in [6.45, 7) is 10.5. The van der Waals surface area contributed by atoms with Crippen molar-refractivity contribution in [3.63, 3.8) is 0 Å². The number of ether oxygens (including phenoxy) is 6. The van der Waals surface area contributed by atoms with Crippen molar-refractivity contribution >= 4 is 5.97 Å². The molecule has 0 spiro atoms. The van der Waals surface area contributed by atoms with E-state index in [0.29, 0.717) is 72.5 Å². The Morgan fingerprint density at radius 3 is 1.08 bits per heavy atom. The van der Waals surface area contributed by atoms with Crippen molar-refractivity contribution in [1.29, 1.82) is 0 Å². The number of carbonyl (C=O) groups excluding carboxylic acids is 1. The molecular formula is C32H64O7. The number of rotatable bonds is 34. The van der Waals surface area contributed by atoms with Crippen LogP contribution in [0.5, 0.6) is 0 Å². The van der Waals surface area contributed by atoms with E-state index in [1.807, 2.05) is 0 Å². The van der Waals surface area contributed by atoms with E-state index in [4.69, 9.17) is 28.4 Å². The van der Waals surface area contributed by atoms with E-state index in [1.165, 1.54) is 89.9 Å². The number of hydrogen-bond donors (Lipinski definition) is 0. The minimum Gasteiger partial charge on any atom is -0.463 e. The van der Waals surface area contributed by atoms with Crippen molar-refractivity contribution in [2.45, 2.75) is 129 Å². The summed E-state index contributed by atoms with van der Waals surface area (Å²) in [4.78, 5) is 11.7. The second kappa shape index (κ2) is 35.3. The standard InChI is InChI=1S/C32H64O7/c1-3-5-7-9-11-12-13-15-17-19-21-34-22-23-35-24-25-36-26-27-37-28-29-38-30-31-39-32(33)20-18-16-14-10-8-6-4-2/h3-31H2,1-2H3. The van der Waals surface area contributed by atoms with Crippen molar-refractivity contribution in [3.05, 3.63) is 0 Å². The first kappa shape index (κ1) is 38.3. The van der Waals surface area contributed by atoms with Crippen LogP contribution in [-0.2, 0) is 33.2 Å². The fourth-order valence-corrected chi connectivity index (χ4v) is 4.19. The molecule has 0 aliphatic carbocycles. The average Bonchev–Trinajstić information content (AvgIpc) is 2.94. The number of carbonyl (C=O) groups is 1. The average molecular weight is 561 g/mol. The van der Waals surface area contributed by atoms with Gasteiger partial charge in [0.15, 0.2) is 0 Å². The Kier molecular flexibility index (Phi) is 34.6. The van der Waals surface area contributed by atoms with Gasteiger partial charge in [-0.1, -0.05) is 110 Å². The zero-order valence-corrected chi connectivity index (χ0v) is 25.9. The number of unbranched alkanes of at least 4 members (excludes halogenated alkanes) is 15. The van der Waals surface area contributed by atoms with E-state index >= 15 is 0 Å². The molecule has 0 aromatic carbocycles. The smallest absolute Gasteiger partial charge is 0.305 e. The molecule has 0 rings (SSSR count). The molecule has 0 fully saturated rings. The van der Waals surface area contributed by atoms with E-state index < -0.39 is 0 Å². The van der Waals surface area contributed by atoms with Gasteiger partial charge in [-0.15, -0.1) is 0 Å². The molecule has 0 aliphatic rings. The lowest BCUT2D eigenvalue weighted by atomic mass is 10.1. The van der Waals surface area contributed by atoms with Crippen LogP contribution in [-0.4, -0.2) is 78.6 Å². The molecule has 7 heteroatoms. The van der Waals surface area contributed by atoms with Crippen molar-refractivity contribution in [2.24, 2.45) is 0 Å². The monoisotopic (exact) mass is 560 g/mol. The molecule has 39 heavy (non-hydrogen) atoms. The maximum absolute atomic E-state index is 11.7. The third-order valence-electron chi connectivity index (χ3n) is 6.61. The largest absolute Gasteiger partial charge is 0.463 e. The van der Waals surface area contributed by atoms with Gasteiger partial charge in [0.2, 0.25) is 0 Å². The first-order chi connectivity index (χ1) is 19.3. The van der Waals surface area contributed by atoms with Crippen molar-refractivity contribution in [2.75, 3.05) is 72.7 Å². The Balaban J connectivity index is 3.09. The van der Waals surface area contributed by atoms with Crippen LogP contribution in [0, 0.1) is 0 Å².